The second kappa shape index (κ2) is 8.15. The molecule has 0 saturated carbocycles. The molecule has 0 aliphatic heterocycles. The maximum absolute atomic E-state index is 12.2. The van der Waals surface area contributed by atoms with Gasteiger partial charge in [0.25, 0.3) is 0 Å². The molecule has 21 heavy (non-hydrogen) atoms. The summed E-state index contributed by atoms with van der Waals surface area (Å²) in [5, 5.41) is 12.1. The molecular formula is C17H28N2O2. The van der Waals surface area contributed by atoms with Crippen molar-refractivity contribution in [1.82, 2.24) is 5.32 Å². The van der Waals surface area contributed by atoms with Gasteiger partial charge in [-0.15, -0.1) is 0 Å². The van der Waals surface area contributed by atoms with Crippen molar-refractivity contribution in [1.29, 1.82) is 0 Å². The van der Waals surface area contributed by atoms with Gasteiger partial charge < -0.3 is 16.2 Å². The highest BCUT2D eigenvalue weighted by atomic mass is 16.3. The largest absolute Gasteiger partial charge is 0.396 e. The Morgan fingerprint density at radius 2 is 1.86 bits per heavy atom. The molecule has 118 valence electrons. The van der Waals surface area contributed by atoms with E-state index in [1.165, 1.54) is 5.56 Å². The van der Waals surface area contributed by atoms with E-state index in [9.17, 15) is 4.79 Å². The summed E-state index contributed by atoms with van der Waals surface area (Å²) < 4.78 is 0. The van der Waals surface area contributed by atoms with Crippen LogP contribution < -0.4 is 11.1 Å². The van der Waals surface area contributed by atoms with E-state index in [2.05, 4.69) is 5.32 Å². The summed E-state index contributed by atoms with van der Waals surface area (Å²) in [5.74, 6) is -0.140. The van der Waals surface area contributed by atoms with Crippen molar-refractivity contribution in [2.75, 3.05) is 6.61 Å². The van der Waals surface area contributed by atoms with Crippen molar-refractivity contribution in [2.24, 2.45) is 11.1 Å². The van der Waals surface area contributed by atoms with Gasteiger partial charge in [0.2, 0.25) is 5.91 Å². The summed E-state index contributed by atoms with van der Waals surface area (Å²) in [7, 11) is 0. The number of benzene rings is 1. The van der Waals surface area contributed by atoms with Crippen LogP contribution in [0, 0.1) is 5.41 Å². The third kappa shape index (κ3) is 6.27. The van der Waals surface area contributed by atoms with Crippen LogP contribution in [-0.4, -0.2) is 29.7 Å². The normalized spacial score (nSPS) is 14.5. The molecule has 0 heterocycles. The number of carbonyl (C=O) groups is 1. The van der Waals surface area contributed by atoms with Gasteiger partial charge in [-0.2, -0.15) is 0 Å². The van der Waals surface area contributed by atoms with Crippen molar-refractivity contribution in [3.05, 3.63) is 35.9 Å². The predicted molar refractivity (Wildman–Crippen MR) is 85.8 cm³/mol. The topological polar surface area (TPSA) is 75.3 Å². The molecule has 1 amide bonds. The summed E-state index contributed by atoms with van der Waals surface area (Å²) in [6, 6.07) is 9.42. The lowest BCUT2D eigenvalue weighted by molar-refractivity contribution is -0.124. The molecule has 0 radical (unpaired) electrons. The van der Waals surface area contributed by atoms with Gasteiger partial charge in [0.15, 0.2) is 0 Å². The number of nitrogens with two attached hydrogens (primary N) is 1. The molecule has 0 saturated heterocycles. The highest BCUT2D eigenvalue weighted by Crippen LogP contribution is 2.21. The quantitative estimate of drug-likeness (QED) is 0.718. The second-order valence-electron chi connectivity index (χ2n) is 6.57. The SMILES string of the molecule is CC(C)(C)C(CCO)NC(=O)C(N)CCc1ccccc1. The molecule has 2 atom stereocenters. The van der Waals surface area contributed by atoms with E-state index >= 15 is 0 Å². The van der Waals surface area contributed by atoms with Crippen molar-refractivity contribution < 1.29 is 9.90 Å². The van der Waals surface area contributed by atoms with E-state index in [0.29, 0.717) is 12.8 Å². The molecule has 0 aromatic heterocycles. The lowest BCUT2D eigenvalue weighted by Crippen LogP contribution is -2.50. The third-order valence-electron chi connectivity index (χ3n) is 3.70. The maximum Gasteiger partial charge on any atom is 0.237 e. The van der Waals surface area contributed by atoms with Crippen LogP contribution in [0.3, 0.4) is 0 Å². The molecule has 0 fully saturated rings. The number of aryl methyl sites for hydroxylation is 1. The lowest BCUT2D eigenvalue weighted by atomic mass is 9.84. The number of aliphatic hydroxyl groups is 1. The fourth-order valence-corrected chi connectivity index (χ4v) is 2.23. The first-order valence-corrected chi connectivity index (χ1v) is 7.55. The monoisotopic (exact) mass is 292 g/mol. The molecule has 0 bridgehead atoms. The molecule has 1 aromatic carbocycles. The molecule has 4 nitrogen and oxygen atoms in total. The first-order valence-electron chi connectivity index (χ1n) is 7.55. The second-order valence-corrected chi connectivity index (χ2v) is 6.57. The zero-order valence-corrected chi connectivity index (χ0v) is 13.3. The van der Waals surface area contributed by atoms with Crippen LogP contribution in [0.15, 0.2) is 30.3 Å². The highest BCUT2D eigenvalue weighted by Gasteiger charge is 2.27. The predicted octanol–water partition coefficient (Wildman–Crippen LogP) is 1.86. The first kappa shape index (κ1) is 17.7. The smallest absolute Gasteiger partial charge is 0.237 e. The van der Waals surface area contributed by atoms with Gasteiger partial charge in [0.05, 0.1) is 6.04 Å². The molecule has 4 heteroatoms. The van der Waals surface area contributed by atoms with Crippen LogP contribution >= 0.6 is 0 Å². The van der Waals surface area contributed by atoms with Gasteiger partial charge in [-0.25, -0.2) is 0 Å². The van der Waals surface area contributed by atoms with Crippen molar-refractivity contribution in [3.63, 3.8) is 0 Å². The summed E-state index contributed by atoms with van der Waals surface area (Å²) in [4.78, 5) is 12.2. The number of hydrogen-bond acceptors (Lipinski definition) is 3. The minimum absolute atomic E-state index is 0.0570. The van der Waals surface area contributed by atoms with Gasteiger partial charge in [0.1, 0.15) is 0 Å². The molecule has 4 N–H and O–H groups in total. The number of carbonyl (C=O) groups excluding carboxylic acids is 1. The Morgan fingerprint density at radius 3 is 2.38 bits per heavy atom. The minimum atomic E-state index is -0.520. The minimum Gasteiger partial charge on any atom is -0.396 e. The summed E-state index contributed by atoms with van der Waals surface area (Å²) in [6.45, 7) is 6.19. The lowest BCUT2D eigenvalue weighted by Gasteiger charge is -2.32. The van der Waals surface area contributed by atoms with Crippen LogP contribution in [0.25, 0.3) is 0 Å². The number of aliphatic hydroxyl groups excluding tert-OH is 1. The van der Waals surface area contributed by atoms with Crippen LogP contribution in [0.2, 0.25) is 0 Å². The standard InChI is InChI=1S/C17H28N2O2/c1-17(2,3)15(11-12-20)19-16(21)14(18)10-9-13-7-5-4-6-8-13/h4-8,14-15,20H,9-12,18H2,1-3H3,(H,19,21). The van der Waals surface area contributed by atoms with Crippen molar-refractivity contribution >= 4 is 5.91 Å². The van der Waals surface area contributed by atoms with Crippen molar-refractivity contribution in [2.45, 2.75) is 52.1 Å². The number of amides is 1. The number of rotatable bonds is 7. The summed E-state index contributed by atoms with van der Waals surface area (Å²) in [6.07, 6.45) is 1.95. The summed E-state index contributed by atoms with van der Waals surface area (Å²) >= 11 is 0. The molecule has 0 aliphatic rings. The van der Waals surface area contributed by atoms with Gasteiger partial charge in [-0.05, 0) is 30.2 Å². The molecule has 1 aromatic rings. The molecule has 2 unspecified atom stereocenters. The average molecular weight is 292 g/mol. The van der Waals surface area contributed by atoms with Gasteiger partial charge in [0, 0.05) is 12.6 Å². The molecule has 1 rings (SSSR count). The Morgan fingerprint density at radius 1 is 1.24 bits per heavy atom. The molecule has 0 aliphatic carbocycles. The van der Waals surface area contributed by atoms with E-state index in [1.54, 1.807) is 0 Å². The Bertz CT molecular complexity index is 426. The molecular weight excluding hydrogens is 264 g/mol. The highest BCUT2D eigenvalue weighted by molar-refractivity contribution is 5.81. The average Bonchev–Trinajstić information content (AvgIpc) is 2.44. The number of hydrogen-bond donors (Lipinski definition) is 3. The van der Waals surface area contributed by atoms with Crippen LogP contribution in [0.5, 0.6) is 0 Å². The van der Waals surface area contributed by atoms with E-state index in [0.717, 1.165) is 6.42 Å². The fourth-order valence-electron chi connectivity index (χ4n) is 2.23. The van der Waals surface area contributed by atoms with Gasteiger partial charge >= 0.3 is 0 Å². The van der Waals surface area contributed by atoms with E-state index < -0.39 is 6.04 Å². The van der Waals surface area contributed by atoms with Crippen LogP contribution in [-0.2, 0) is 11.2 Å². The zero-order valence-electron chi connectivity index (χ0n) is 13.3. The van der Waals surface area contributed by atoms with E-state index in [4.69, 9.17) is 10.8 Å². The zero-order chi connectivity index (χ0) is 15.9. The van der Waals surface area contributed by atoms with Crippen LogP contribution in [0.1, 0.15) is 39.2 Å². The fraction of sp³-hybridized carbons (Fsp3) is 0.588. The number of nitrogens with one attached hydrogen (secondary N) is 1. The van der Waals surface area contributed by atoms with Crippen molar-refractivity contribution in [3.8, 4) is 0 Å². The maximum atomic E-state index is 12.2. The Labute approximate surface area is 127 Å². The Kier molecular flexibility index (Phi) is 6.85. The summed E-state index contributed by atoms with van der Waals surface area (Å²) in [5.41, 5.74) is 7.06. The van der Waals surface area contributed by atoms with E-state index in [1.807, 2.05) is 51.1 Å². The first-order chi connectivity index (χ1) is 9.84. The van der Waals surface area contributed by atoms with Gasteiger partial charge in [-0.3, -0.25) is 4.79 Å². The van der Waals surface area contributed by atoms with E-state index in [-0.39, 0.29) is 24.0 Å². The third-order valence-corrected chi connectivity index (χ3v) is 3.70. The molecule has 0 spiro atoms. The Hall–Kier alpha value is -1.39. The Balaban J connectivity index is 2.49. The van der Waals surface area contributed by atoms with Crippen LogP contribution in [0.4, 0.5) is 0 Å². The van der Waals surface area contributed by atoms with Gasteiger partial charge in [-0.1, -0.05) is 51.1 Å².